The second kappa shape index (κ2) is 6.02. The monoisotopic (exact) mass is 213 g/mol. The van der Waals surface area contributed by atoms with Gasteiger partial charge in [0.1, 0.15) is 0 Å². The lowest BCUT2D eigenvalue weighted by Gasteiger charge is -2.35. The average molecular weight is 214 g/mol. The molecular weight excluding hydrogens is 198 g/mol. The first-order valence-corrected chi connectivity index (χ1v) is 5.33. The van der Waals surface area contributed by atoms with Crippen LogP contribution in [0.2, 0.25) is 0 Å². The lowest BCUT2D eigenvalue weighted by atomic mass is 10.2. The van der Waals surface area contributed by atoms with Crippen molar-refractivity contribution < 1.29 is 0 Å². The van der Waals surface area contributed by atoms with Crippen molar-refractivity contribution in [2.75, 3.05) is 32.7 Å². The van der Waals surface area contributed by atoms with Gasteiger partial charge in [-0.25, -0.2) is 0 Å². The maximum atomic E-state index is 8.76. The van der Waals surface area contributed by atoms with Gasteiger partial charge in [-0.1, -0.05) is 17.7 Å². The quantitative estimate of drug-likeness (QED) is 0.708. The molecule has 0 aromatic heterocycles. The third kappa shape index (κ3) is 3.30. The summed E-state index contributed by atoms with van der Waals surface area (Å²) in [6.07, 6.45) is 1.95. The zero-order chi connectivity index (χ0) is 10.4. The Labute approximate surface area is 90.5 Å². The van der Waals surface area contributed by atoms with Gasteiger partial charge < -0.3 is 0 Å². The zero-order valence-electron chi connectivity index (χ0n) is 8.49. The molecule has 0 aromatic carbocycles. The van der Waals surface area contributed by atoms with Crippen LogP contribution in [0.15, 0.2) is 11.6 Å². The van der Waals surface area contributed by atoms with Crippen LogP contribution < -0.4 is 0 Å². The lowest BCUT2D eigenvalue weighted by Crippen LogP contribution is -2.49. The number of hydrogen-bond donors (Lipinski definition) is 0. The Morgan fingerprint density at radius 2 is 2.07 bits per heavy atom. The van der Waals surface area contributed by atoms with Crippen LogP contribution in [0.1, 0.15) is 6.92 Å². The summed E-state index contributed by atoms with van der Waals surface area (Å²) in [5, 5.41) is 8.76. The van der Waals surface area contributed by atoms with Crippen LogP contribution in [0.5, 0.6) is 0 Å². The van der Waals surface area contributed by atoms with Crippen molar-refractivity contribution in [3.8, 4) is 6.07 Å². The van der Waals surface area contributed by atoms with Gasteiger partial charge in [-0.3, -0.25) is 9.80 Å². The Bertz CT molecular complexity index is 226. The maximum absolute atomic E-state index is 8.76. The minimum Gasteiger partial charge on any atom is -0.297 e. The molecule has 0 spiro atoms. The second-order valence-corrected chi connectivity index (χ2v) is 3.76. The van der Waals surface area contributed by atoms with Crippen LogP contribution >= 0.6 is 11.6 Å². The molecule has 0 radical (unpaired) electrons. The highest BCUT2D eigenvalue weighted by molar-refractivity contribution is 6.25. The standard InChI is InChI=1S/C10H16ClN3/c1-10(9-12)14-7-5-13(6-8-14)4-2-3-11/h2-3,10H,4-8H2,1H3. The number of nitrogens with zero attached hydrogens (tertiary/aromatic N) is 3. The van der Waals surface area contributed by atoms with E-state index in [0.717, 1.165) is 32.7 Å². The molecule has 0 N–H and O–H groups in total. The molecule has 1 fully saturated rings. The van der Waals surface area contributed by atoms with Crippen molar-refractivity contribution in [1.82, 2.24) is 9.80 Å². The summed E-state index contributed by atoms with van der Waals surface area (Å²) in [6, 6.07) is 2.31. The Balaban J connectivity index is 2.28. The molecule has 0 saturated carbocycles. The van der Waals surface area contributed by atoms with Gasteiger partial charge in [-0.2, -0.15) is 5.26 Å². The summed E-state index contributed by atoms with van der Waals surface area (Å²) in [6.45, 7) is 6.86. The van der Waals surface area contributed by atoms with Crippen molar-refractivity contribution in [2.45, 2.75) is 13.0 Å². The fourth-order valence-corrected chi connectivity index (χ4v) is 1.68. The van der Waals surface area contributed by atoms with Crippen LogP contribution in [-0.2, 0) is 0 Å². The molecule has 0 aromatic rings. The molecule has 1 aliphatic rings. The lowest BCUT2D eigenvalue weighted by molar-refractivity contribution is 0.128. The molecule has 1 atom stereocenters. The summed E-state index contributed by atoms with van der Waals surface area (Å²) in [5.41, 5.74) is 1.56. The van der Waals surface area contributed by atoms with Crippen LogP contribution in [0.4, 0.5) is 0 Å². The van der Waals surface area contributed by atoms with Crippen molar-refractivity contribution in [3.63, 3.8) is 0 Å². The molecule has 4 heteroatoms. The van der Waals surface area contributed by atoms with Crippen molar-refractivity contribution in [2.24, 2.45) is 0 Å². The highest BCUT2D eigenvalue weighted by Gasteiger charge is 2.19. The van der Waals surface area contributed by atoms with E-state index in [4.69, 9.17) is 16.9 Å². The molecule has 0 bridgehead atoms. The second-order valence-electron chi connectivity index (χ2n) is 3.50. The van der Waals surface area contributed by atoms with Gasteiger partial charge in [0.25, 0.3) is 0 Å². The number of nitriles is 1. The SMILES string of the molecule is CC(C#N)N1CCN(CC=CCl)CC1. The molecule has 0 amide bonds. The summed E-state index contributed by atoms with van der Waals surface area (Å²) in [4.78, 5) is 4.54. The van der Waals surface area contributed by atoms with Gasteiger partial charge >= 0.3 is 0 Å². The Morgan fingerprint density at radius 1 is 1.43 bits per heavy atom. The Kier molecular flexibility index (Phi) is 4.95. The normalized spacial score (nSPS) is 22.4. The van der Waals surface area contributed by atoms with Gasteiger partial charge in [0, 0.05) is 38.3 Å². The summed E-state index contributed by atoms with van der Waals surface area (Å²) in [7, 11) is 0. The van der Waals surface area contributed by atoms with E-state index in [9.17, 15) is 0 Å². The predicted octanol–water partition coefficient (Wildman–Crippen LogP) is 1.27. The fraction of sp³-hybridized carbons (Fsp3) is 0.700. The fourth-order valence-electron chi connectivity index (χ4n) is 1.60. The molecule has 14 heavy (non-hydrogen) atoms. The largest absolute Gasteiger partial charge is 0.297 e. The third-order valence-electron chi connectivity index (χ3n) is 2.59. The first-order chi connectivity index (χ1) is 6.77. The number of rotatable bonds is 3. The molecule has 0 aliphatic carbocycles. The molecule has 1 rings (SSSR count). The first kappa shape index (κ1) is 11.5. The highest BCUT2D eigenvalue weighted by atomic mass is 35.5. The molecule has 3 nitrogen and oxygen atoms in total. The van der Waals surface area contributed by atoms with Crippen LogP contribution in [0, 0.1) is 11.3 Å². The molecule has 1 heterocycles. The van der Waals surface area contributed by atoms with E-state index in [0.29, 0.717) is 0 Å². The van der Waals surface area contributed by atoms with Gasteiger partial charge in [-0.15, -0.1) is 0 Å². The maximum Gasteiger partial charge on any atom is 0.0950 e. The van der Waals surface area contributed by atoms with E-state index in [2.05, 4.69) is 15.9 Å². The van der Waals surface area contributed by atoms with Gasteiger partial charge in [0.2, 0.25) is 0 Å². The smallest absolute Gasteiger partial charge is 0.0950 e. The van der Waals surface area contributed by atoms with Crippen molar-refractivity contribution >= 4 is 11.6 Å². The van der Waals surface area contributed by atoms with Crippen LogP contribution in [0.3, 0.4) is 0 Å². The van der Waals surface area contributed by atoms with E-state index < -0.39 is 0 Å². The van der Waals surface area contributed by atoms with Gasteiger partial charge in [0.15, 0.2) is 0 Å². The molecule has 1 aliphatic heterocycles. The zero-order valence-corrected chi connectivity index (χ0v) is 9.24. The topological polar surface area (TPSA) is 30.3 Å². The van der Waals surface area contributed by atoms with Crippen molar-refractivity contribution in [3.05, 3.63) is 11.6 Å². The predicted molar refractivity (Wildman–Crippen MR) is 58.1 cm³/mol. The summed E-state index contributed by atoms with van der Waals surface area (Å²) >= 11 is 5.46. The first-order valence-electron chi connectivity index (χ1n) is 4.89. The Hall–Kier alpha value is -0.560. The van der Waals surface area contributed by atoms with Crippen molar-refractivity contribution in [1.29, 1.82) is 5.26 Å². The number of piperazine rings is 1. The summed E-state index contributed by atoms with van der Waals surface area (Å²) < 4.78 is 0. The minimum atomic E-state index is 0.0423. The number of halogens is 1. The molecular formula is C10H16ClN3. The highest BCUT2D eigenvalue weighted by Crippen LogP contribution is 2.05. The summed E-state index contributed by atoms with van der Waals surface area (Å²) in [5.74, 6) is 0. The molecule has 1 unspecified atom stereocenters. The van der Waals surface area contributed by atoms with E-state index in [-0.39, 0.29) is 6.04 Å². The average Bonchev–Trinajstić information content (AvgIpc) is 2.26. The van der Waals surface area contributed by atoms with E-state index >= 15 is 0 Å². The van der Waals surface area contributed by atoms with E-state index in [1.165, 1.54) is 0 Å². The van der Waals surface area contributed by atoms with Gasteiger partial charge in [0.05, 0.1) is 12.1 Å². The Morgan fingerprint density at radius 3 is 2.57 bits per heavy atom. The van der Waals surface area contributed by atoms with Crippen LogP contribution in [-0.4, -0.2) is 48.6 Å². The van der Waals surface area contributed by atoms with E-state index in [1.807, 2.05) is 13.0 Å². The molecule has 1 saturated heterocycles. The van der Waals surface area contributed by atoms with E-state index in [1.54, 1.807) is 5.54 Å². The number of hydrogen-bond acceptors (Lipinski definition) is 3. The van der Waals surface area contributed by atoms with Gasteiger partial charge in [-0.05, 0) is 6.92 Å². The van der Waals surface area contributed by atoms with Crippen LogP contribution in [0.25, 0.3) is 0 Å². The third-order valence-corrected chi connectivity index (χ3v) is 2.77. The minimum absolute atomic E-state index is 0.0423. The molecule has 78 valence electrons.